The summed E-state index contributed by atoms with van der Waals surface area (Å²) in [6.07, 6.45) is 0.305. The molecule has 1 amide bonds. The molecule has 1 fully saturated rings. The van der Waals surface area contributed by atoms with Gasteiger partial charge in [-0.15, -0.1) is 0 Å². The molecular weight excluding hydrogens is 328 g/mol. The molecule has 1 atom stereocenters. The van der Waals surface area contributed by atoms with Crippen molar-refractivity contribution < 1.29 is 9.32 Å². The third-order valence-corrected chi connectivity index (χ3v) is 4.98. The van der Waals surface area contributed by atoms with Gasteiger partial charge in [0.05, 0.1) is 6.42 Å². The number of carbonyl (C=O) groups excluding carboxylic acids is 1. The summed E-state index contributed by atoms with van der Waals surface area (Å²) < 4.78 is 5.29. The molecule has 0 aliphatic carbocycles. The Balaban J connectivity index is 1.72. The number of benzene rings is 1. The minimum atomic E-state index is -0.0723. The number of halogens is 1. The Morgan fingerprint density at radius 1 is 1.38 bits per heavy atom. The number of hydrogen-bond donors (Lipinski definition) is 0. The number of carbonyl (C=O) groups is 1. The SMILES string of the molecule is Cc1noc([C@@H]2CN(C(=O)Cc3cccc(C)c3Cl)CCN2C)n1. The lowest BCUT2D eigenvalue weighted by Crippen LogP contribution is -2.49. The number of nitrogens with zero attached hydrogens (tertiary/aromatic N) is 4. The molecule has 1 aromatic carbocycles. The fraction of sp³-hybridized carbons (Fsp3) is 0.471. The van der Waals surface area contributed by atoms with Gasteiger partial charge in [0.1, 0.15) is 6.04 Å². The van der Waals surface area contributed by atoms with Crippen molar-refractivity contribution in [1.29, 1.82) is 0 Å². The molecule has 0 N–H and O–H groups in total. The molecule has 0 bridgehead atoms. The molecule has 0 radical (unpaired) electrons. The number of hydrogen-bond acceptors (Lipinski definition) is 5. The molecule has 0 unspecified atom stereocenters. The number of piperazine rings is 1. The Hall–Kier alpha value is -1.92. The van der Waals surface area contributed by atoms with Crippen LogP contribution in [0, 0.1) is 13.8 Å². The first kappa shape index (κ1) is 16.9. The molecule has 128 valence electrons. The summed E-state index contributed by atoms with van der Waals surface area (Å²) in [6, 6.07) is 5.71. The van der Waals surface area contributed by atoms with E-state index in [1.807, 2.05) is 37.1 Å². The fourth-order valence-corrected chi connectivity index (χ4v) is 3.13. The Labute approximate surface area is 146 Å². The van der Waals surface area contributed by atoms with Crippen molar-refractivity contribution in [2.75, 3.05) is 26.7 Å². The zero-order chi connectivity index (χ0) is 17.3. The number of amides is 1. The zero-order valence-corrected chi connectivity index (χ0v) is 14.9. The van der Waals surface area contributed by atoms with E-state index >= 15 is 0 Å². The van der Waals surface area contributed by atoms with E-state index in [4.69, 9.17) is 16.1 Å². The molecule has 24 heavy (non-hydrogen) atoms. The van der Waals surface area contributed by atoms with Crippen molar-refractivity contribution in [3.05, 3.63) is 46.1 Å². The van der Waals surface area contributed by atoms with Crippen molar-refractivity contribution in [3.8, 4) is 0 Å². The van der Waals surface area contributed by atoms with Gasteiger partial charge >= 0.3 is 0 Å². The van der Waals surface area contributed by atoms with Gasteiger partial charge in [-0.1, -0.05) is 35.0 Å². The molecule has 2 aromatic rings. The van der Waals surface area contributed by atoms with Crippen molar-refractivity contribution in [2.45, 2.75) is 26.3 Å². The lowest BCUT2D eigenvalue weighted by molar-refractivity contribution is -0.133. The van der Waals surface area contributed by atoms with Gasteiger partial charge in [0.2, 0.25) is 11.8 Å². The average molecular weight is 349 g/mol. The maximum Gasteiger partial charge on any atom is 0.245 e. The van der Waals surface area contributed by atoms with Gasteiger partial charge in [0.25, 0.3) is 0 Å². The lowest BCUT2D eigenvalue weighted by Gasteiger charge is -2.37. The summed E-state index contributed by atoms with van der Waals surface area (Å²) in [5.74, 6) is 1.23. The van der Waals surface area contributed by atoms with Gasteiger partial charge in [-0.05, 0) is 32.0 Å². The third kappa shape index (κ3) is 3.44. The van der Waals surface area contributed by atoms with E-state index in [1.165, 1.54) is 0 Å². The Morgan fingerprint density at radius 2 is 2.17 bits per heavy atom. The molecular formula is C17H21ClN4O2. The Bertz CT molecular complexity index is 746. The summed E-state index contributed by atoms with van der Waals surface area (Å²) in [5, 5.41) is 4.52. The summed E-state index contributed by atoms with van der Waals surface area (Å²) in [5.41, 5.74) is 1.85. The van der Waals surface area contributed by atoms with Crippen LogP contribution in [0.3, 0.4) is 0 Å². The van der Waals surface area contributed by atoms with Gasteiger partial charge in [0, 0.05) is 24.7 Å². The molecule has 0 spiro atoms. The van der Waals surface area contributed by atoms with Crippen molar-refractivity contribution >= 4 is 17.5 Å². The van der Waals surface area contributed by atoms with Crippen LogP contribution in [0.5, 0.6) is 0 Å². The van der Waals surface area contributed by atoms with Crippen LogP contribution in [0.1, 0.15) is 28.9 Å². The smallest absolute Gasteiger partial charge is 0.245 e. The maximum absolute atomic E-state index is 12.7. The first-order valence-electron chi connectivity index (χ1n) is 7.98. The summed E-state index contributed by atoms with van der Waals surface area (Å²) in [7, 11) is 2.00. The molecule has 1 saturated heterocycles. The zero-order valence-electron chi connectivity index (χ0n) is 14.1. The quantitative estimate of drug-likeness (QED) is 0.852. The van der Waals surface area contributed by atoms with E-state index in [0.29, 0.717) is 36.2 Å². The standard InChI is InChI=1S/C17H21ClN4O2/c1-11-5-4-6-13(16(11)18)9-15(23)22-8-7-21(3)14(10-22)17-19-12(2)20-24-17/h4-6,14H,7-10H2,1-3H3/t14-/m0/s1. The van der Waals surface area contributed by atoms with Crippen LogP contribution in [0.25, 0.3) is 0 Å². The van der Waals surface area contributed by atoms with E-state index in [-0.39, 0.29) is 11.9 Å². The van der Waals surface area contributed by atoms with E-state index in [2.05, 4.69) is 15.0 Å². The number of likely N-dealkylation sites (N-methyl/N-ethyl adjacent to an activating group) is 1. The second kappa shape index (κ2) is 6.91. The Morgan fingerprint density at radius 3 is 2.88 bits per heavy atom. The normalized spacial score (nSPS) is 18.8. The average Bonchev–Trinajstić information content (AvgIpc) is 2.98. The molecule has 6 nitrogen and oxygen atoms in total. The van der Waals surface area contributed by atoms with E-state index in [1.54, 1.807) is 6.92 Å². The van der Waals surface area contributed by atoms with Gasteiger partial charge in [0.15, 0.2) is 5.82 Å². The van der Waals surface area contributed by atoms with Crippen LogP contribution in [0.4, 0.5) is 0 Å². The molecule has 0 saturated carbocycles. The molecule has 3 rings (SSSR count). The van der Waals surface area contributed by atoms with Gasteiger partial charge in [-0.25, -0.2) is 0 Å². The number of aromatic nitrogens is 2. The largest absolute Gasteiger partial charge is 0.339 e. The molecule has 7 heteroatoms. The minimum Gasteiger partial charge on any atom is -0.339 e. The second-order valence-corrected chi connectivity index (χ2v) is 6.62. The highest BCUT2D eigenvalue weighted by Gasteiger charge is 2.32. The van der Waals surface area contributed by atoms with E-state index < -0.39 is 0 Å². The van der Waals surface area contributed by atoms with E-state index in [9.17, 15) is 4.79 Å². The van der Waals surface area contributed by atoms with Gasteiger partial charge < -0.3 is 9.42 Å². The summed E-state index contributed by atoms with van der Waals surface area (Å²) in [4.78, 5) is 21.0. The highest BCUT2D eigenvalue weighted by atomic mass is 35.5. The Kier molecular flexibility index (Phi) is 4.87. The van der Waals surface area contributed by atoms with Crippen molar-refractivity contribution in [3.63, 3.8) is 0 Å². The first-order chi connectivity index (χ1) is 11.5. The monoisotopic (exact) mass is 348 g/mol. The van der Waals surface area contributed by atoms with Crippen LogP contribution in [0.2, 0.25) is 5.02 Å². The lowest BCUT2D eigenvalue weighted by atomic mass is 10.1. The highest BCUT2D eigenvalue weighted by Crippen LogP contribution is 2.25. The fourth-order valence-electron chi connectivity index (χ4n) is 2.93. The minimum absolute atomic E-state index is 0.0665. The highest BCUT2D eigenvalue weighted by molar-refractivity contribution is 6.32. The predicted octanol–water partition coefficient (Wildman–Crippen LogP) is 2.40. The van der Waals surface area contributed by atoms with E-state index in [0.717, 1.165) is 17.7 Å². The molecule has 1 aliphatic heterocycles. The first-order valence-corrected chi connectivity index (χ1v) is 8.35. The van der Waals surface area contributed by atoms with Crippen LogP contribution >= 0.6 is 11.6 Å². The van der Waals surface area contributed by atoms with Crippen LogP contribution in [-0.4, -0.2) is 52.5 Å². The topological polar surface area (TPSA) is 62.5 Å². The van der Waals surface area contributed by atoms with Crippen molar-refractivity contribution in [2.24, 2.45) is 0 Å². The maximum atomic E-state index is 12.7. The predicted molar refractivity (Wildman–Crippen MR) is 90.9 cm³/mol. The van der Waals surface area contributed by atoms with Gasteiger partial charge in [-0.2, -0.15) is 4.98 Å². The van der Waals surface area contributed by atoms with Crippen molar-refractivity contribution in [1.82, 2.24) is 19.9 Å². The second-order valence-electron chi connectivity index (χ2n) is 6.24. The summed E-state index contributed by atoms with van der Waals surface area (Å²) >= 11 is 6.31. The third-order valence-electron chi connectivity index (χ3n) is 4.44. The number of rotatable bonds is 3. The molecule has 1 aliphatic rings. The molecule has 1 aromatic heterocycles. The van der Waals surface area contributed by atoms with Gasteiger partial charge in [-0.3, -0.25) is 9.69 Å². The van der Waals surface area contributed by atoms with Crippen LogP contribution in [0.15, 0.2) is 22.7 Å². The number of aryl methyl sites for hydroxylation is 2. The van der Waals surface area contributed by atoms with Crippen LogP contribution in [-0.2, 0) is 11.2 Å². The summed E-state index contributed by atoms with van der Waals surface area (Å²) in [6.45, 7) is 5.72. The van der Waals surface area contributed by atoms with Crippen LogP contribution < -0.4 is 0 Å². The molecule has 2 heterocycles.